The van der Waals surface area contributed by atoms with Crippen LogP contribution in [0.25, 0.3) is 0 Å². The van der Waals surface area contributed by atoms with Crippen LogP contribution in [0.15, 0.2) is 77.7 Å². The van der Waals surface area contributed by atoms with Crippen molar-refractivity contribution in [1.29, 1.82) is 0 Å². The molecule has 4 rings (SSSR count). The Labute approximate surface area is 183 Å². The highest BCUT2D eigenvalue weighted by atomic mass is 32.2. The summed E-state index contributed by atoms with van der Waals surface area (Å²) in [4.78, 5) is 13.4. The third-order valence-corrected chi connectivity index (χ3v) is 7.55. The van der Waals surface area contributed by atoms with Crippen molar-refractivity contribution < 1.29 is 13.2 Å². The molecule has 0 bridgehead atoms. The van der Waals surface area contributed by atoms with Gasteiger partial charge in [-0.15, -0.1) is 0 Å². The zero-order valence-electron chi connectivity index (χ0n) is 17.7. The van der Waals surface area contributed by atoms with E-state index in [9.17, 15) is 13.2 Å². The highest BCUT2D eigenvalue weighted by Crippen LogP contribution is 2.29. The first kappa shape index (κ1) is 21.3. The second-order valence-electron chi connectivity index (χ2n) is 8.06. The molecule has 0 radical (unpaired) electrons. The maximum absolute atomic E-state index is 13.5. The second-order valence-corrected chi connectivity index (χ2v) is 9.95. The first-order valence-electron chi connectivity index (χ1n) is 10.3. The van der Waals surface area contributed by atoms with Crippen LogP contribution < -0.4 is 5.32 Å². The lowest BCUT2D eigenvalue weighted by Gasteiger charge is -2.35. The van der Waals surface area contributed by atoms with Crippen LogP contribution in [-0.4, -0.2) is 24.7 Å². The van der Waals surface area contributed by atoms with Crippen molar-refractivity contribution in [1.82, 2.24) is 9.62 Å². The predicted molar refractivity (Wildman–Crippen MR) is 121 cm³/mol. The Hall–Kier alpha value is -2.96. The molecule has 1 atom stereocenters. The van der Waals surface area contributed by atoms with Gasteiger partial charge in [-0.05, 0) is 49.1 Å². The van der Waals surface area contributed by atoms with Gasteiger partial charge in [0, 0.05) is 13.1 Å². The van der Waals surface area contributed by atoms with Gasteiger partial charge >= 0.3 is 0 Å². The number of nitrogens with one attached hydrogen (secondary N) is 1. The van der Waals surface area contributed by atoms with E-state index in [1.165, 1.54) is 4.31 Å². The van der Waals surface area contributed by atoms with E-state index >= 15 is 0 Å². The minimum atomic E-state index is -3.83. The van der Waals surface area contributed by atoms with Gasteiger partial charge in [-0.25, -0.2) is 8.42 Å². The molecule has 1 amide bonds. The lowest BCUT2D eigenvalue weighted by atomic mass is 9.95. The number of hydrogen-bond acceptors (Lipinski definition) is 3. The number of benzene rings is 3. The smallest absolute Gasteiger partial charge is 0.244 e. The largest absolute Gasteiger partial charge is 0.351 e. The molecule has 1 aliphatic heterocycles. The summed E-state index contributed by atoms with van der Waals surface area (Å²) in [5.74, 6) is -0.285. The Morgan fingerprint density at radius 3 is 2.35 bits per heavy atom. The number of fused-ring (bicyclic) bond motifs is 1. The summed E-state index contributed by atoms with van der Waals surface area (Å²) in [6, 6.07) is 21.6. The van der Waals surface area contributed by atoms with Gasteiger partial charge in [0.2, 0.25) is 15.9 Å². The lowest BCUT2D eigenvalue weighted by molar-refractivity contribution is -0.125. The molecular formula is C25H26N2O3S. The number of aryl methyl sites for hydroxylation is 2. The fourth-order valence-electron chi connectivity index (χ4n) is 3.95. The zero-order valence-corrected chi connectivity index (χ0v) is 18.5. The fraction of sp³-hybridized carbons (Fsp3) is 0.240. The van der Waals surface area contributed by atoms with Gasteiger partial charge in [0.15, 0.2) is 0 Å². The normalized spacial score (nSPS) is 16.5. The SMILES string of the molecule is Cc1ccc(S(=O)(=O)N2Cc3ccccc3C[C@H]2C(=O)NCc2cccc(C)c2)cc1. The number of rotatable bonds is 5. The lowest BCUT2D eigenvalue weighted by Crippen LogP contribution is -2.52. The van der Waals surface area contributed by atoms with E-state index in [-0.39, 0.29) is 17.3 Å². The Bertz CT molecular complexity index is 1200. The molecule has 0 spiro atoms. The molecule has 0 saturated carbocycles. The molecule has 0 aliphatic carbocycles. The van der Waals surface area contributed by atoms with Crippen LogP contribution >= 0.6 is 0 Å². The van der Waals surface area contributed by atoms with Gasteiger partial charge in [0.1, 0.15) is 6.04 Å². The molecule has 6 heteroatoms. The van der Waals surface area contributed by atoms with E-state index in [0.29, 0.717) is 13.0 Å². The van der Waals surface area contributed by atoms with Crippen LogP contribution in [0.2, 0.25) is 0 Å². The molecule has 0 saturated heterocycles. The molecular weight excluding hydrogens is 408 g/mol. The Morgan fingerprint density at radius 2 is 1.65 bits per heavy atom. The van der Waals surface area contributed by atoms with Crippen molar-refractivity contribution >= 4 is 15.9 Å². The van der Waals surface area contributed by atoms with Crippen molar-refractivity contribution in [3.05, 3.63) is 101 Å². The molecule has 160 valence electrons. The van der Waals surface area contributed by atoms with Crippen LogP contribution in [0.5, 0.6) is 0 Å². The topological polar surface area (TPSA) is 66.5 Å². The molecule has 1 heterocycles. The molecule has 0 unspecified atom stereocenters. The molecule has 1 aliphatic rings. The van der Waals surface area contributed by atoms with Crippen LogP contribution in [0.3, 0.4) is 0 Å². The number of amides is 1. The third-order valence-electron chi connectivity index (χ3n) is 5.68. The molecule has 5 nitrogen and oxygen atoms in total. The number of nitrogens with zero attached hydrogens (tertiary/aromatic N) is 1. The standard InChI is InChI=1S/C25H26N2O3S/c1-18-10-12-23(13-11-18)31(29,30)27-17-22-9-4-3-8-21(22)15-24(27)25(28)26-16-20-7-5-6-19(2)14-20/h3-14,24H,15-17H2,1-2H3,(H,26,28)/t24-/m0/s1. The fourth-order valence-corrected chi connectivity index (χ4v) is 5.51. The van der Waals surface area contributed by atoms with Gasteiger partial charge in [0.05, 0.1) is 4.90 Å². The van der Waals surface area contributed by atoms with E-state index in [0.717, 1.165) is 27.8 Å². The number of carbonyl (C=O) groups excluding carboxylic acids is 1. The number of hydrogen-bond donors (Lipinski definition) is 1. The van der Waals surface area contributed by atoms with Crippen molar-refractivity contribution in [2.75, 3.05) is 0 Å². The predicted octanol–water partition coefficient (Wildman–Crippen LogP) is 3.74. The average Bonchev–Trinajstić information content (AvgIpc) is 2.77. The van der Waals surface area contributed by atoms with Crippen LogP contribution in [-0.2, 0) is 34.3 Å². The summed E-state index contributed by atoms with van der Waals surface area (Å²) >= 11 is 0. The molecule has 31 heavy (non-hydrogen) atoms. The Kier molecular flexibility index (Phi) is 5.94. The quantitative estimate of drug-likeness (QED) is 0.665. The average molecular weight is 435 g/mol. The maximum atomic E-state index is 13.5. The molecule has 1 N–H and O–H groups in total. The van der Waals surface area contributed by atoms with Crippen LogP contribution in [0.4, 0.5) is 0 Å². The van der Waals surface area contributed by atoms with Crippen LogP contribution in [0.1, 0.15) is 27.8 Å². The van der Waals surface area contributed by atoms with Gasteiger partial charge in [-0.3, -0.25) is 4.79 Å². The van der Waals surface area contributed by atoms with Crippen molar-refractivity contribution in [2.24, 2.45) is 0 Å². The van der Waals surface area contributed by atoms with Crippen molar-refractivity contribution in [3.8, 4) is 0 Å². The third kappa shape index (κ3) is 4.55. The summed E-state index contributed by atoms with van der Waals surface area (Å²) in [6.07, 6.45) is 0.348. The zero-order chi connectivity index (χ0) is 22.0. The summed E-state index contributed by atoms with van der Waals surface area (Å²) < 4.78 is 28.3. The Balaban J connectivity index is 1.64. The number of sulfonamides is 1. The highest BCUT2D eigenvalue weighted by molar-refractivity contribution is 7.89. The van der Waals surface area contributed by atoms with Gasteiger partial charge in [-0.1, -0.05) is 71.8 Å². The van der Waals surface area contributed by atoms with Gasteiger partial charge < -0.3 is 5.32 Å². The summed E-state index contributed by atoms with van der Waals surface area (Å²) in [7, 11) is -3.83. The van der Waals surface area contributed by atoms with E-state index in [1.54, 1.807) is 24.3 Å². The van der Waals surface area contributed by atoms with Crippen LogP contribution in [0, 0.1) is 13.8 Å². The molecule has 0 aromatic heterocycles. The van der Waals surface area contributed by atoms with Crippen molar-refractivity contribution in [2.45, 2.75) is 44.3 Å². The maximum Gasteiger partial charge on any atom is 0.244 e. The van der Waals surface area contributed by atoms with Gasteiger partial charge in [-0.2, -0.15) is 4.31 Å². The summed E-state index contributed by atoms with van der Waals surface area (Å²) in [5.41, 5.74) is 5.02. The number of carbonyl (C=O) groups is 1. The monoisotopic (exact) mass is 434 g/mol. The van der Waals surface area contributed by atoms with E-state index in [1.807, 2.05) is 62.4 Å². The van der Waals surface area contributed by atoms with Crippen molar-refractivity contribution in [3.63, 3.8) is 0 Å². The molecule has 3 aromatic rings. The van der Waals surface area contributed by atoms with Gasteiger partial charge in [0.25, 0.3) is 0 Å². The first-order valence-corrected chi connectivity index (χ1v) is 11.8. The molecule has 0 fully saturated rings. The first-order chi connectivity index (χ1) is 14.8. The second kappa shape index (κ2) is 8.65. The van der Waals surface area contributed by atoms with E-state index in [4.69, 9.17) is 0 Å². The highest BCUT2D eigenvalue weighted by Gasteiger charge is 2.39. The molecule has 3 aromatic carbocycles. The minimum absolute atomic E-state index is 0.176. The summed E-state index contributed by atoms with van der Waals surface area (Å²) in [5, 5.41) is 2.94. The summed E-state index contributed by atoms with van der Waals surface area (Å²) in [6.45, 7) is 4.44. The Morgan fingerprint density at radius 1 is 0.935 bits per heavy atom. The van der Waals surface area contributed by atoms with E-state index < -0.39 is 16.1 Å². The minimum Gasteiger partial charge on any atom is -0.351 e. The van der Waals surface area contributed by atoms with E-state index in [2.05, 4.69) is 5.32 Å².